The Balaban J connectivity index is 1.99. The molecule has 0 aliphatic carbocycles. The maximum atomic E-state index is 11.6. The molecule has 2 atom stereocenters. The van der Waals surface area contributed by atoms with Gasteiger partial charge in [0.25, 0.3) is 0 Å². The number of amides is 2. The zero-order valence-electron chi connectivity index (χ0n) is 9.18. The van der Waals surface area contributed by atoms with Crippen molar-refractivity contribution in [1.29, 1.82) is 0 Å². The van der Waals surface area contributed by atoms with Gasteiger partial charge in [0.15, 0.2) is 9.84 Å². The second-order valence-corrected chi connectivity index (χ2v) is 6.39. The van der Waals surface area contributed by atoms with E-state index >= 15 is 0 Å². The van der Waals surface area contributed by atoms with Crippen LogP contribution in [-0.4, -0.2) is 63.2 Å². The van der Waals surface area contributed by atoms with Crippen LogP contribution in [0.2, 0.25) is 0 Å². The van der Waals surface area contributed by atoms with Crippen molar-refractivity contribution < 1.29 is 17.9 Å². The molecular weight excluding hydrogens is 232 g/mol. The van der Waals surface area contributed by atoms with Gasteiger partial charge >= 0.3 is 6.03 Å². The Kier molecular flexibility index (Phi) is 3.07. The maximum absolute atomic E-state index is 11.6. The molecular formula is C9H16N2O4S. The molecule has 0 unspecified atom stereocenters. The third kappa shape index (κ3) is 2.15. The molecule has 2 amide bonds. The predicted molar refractivity (Wildman–Crippen MR) is 58.0 cm³/mol. The second-order valence-electron chi connectivity index (χ2n) is 4.24. The van der Waals surface area contributed by atoms with E-state index in [1.54, 1.807) is 12.0 Å². The van der Waals surface area contributed by atoms with Crippen molar-refractivity contribution >= 4 is 15.9 Å². The van der Waals surface area contributed by atoms with Crippen molar-refractivity contribution in [2.75, 3.05) is 31.8 Å². The standard InChI is InChI=1S/C9H16N2O4S/c1-15-4-2-3-11-8-6-16(13,14)5-7(8)10-9(11)12/h7-8H,2-6H2,1H3,(H,10,12)/t7-,8-/m0/s1. The number of ether oxygens (including phenoxy) is 1. The van der Waals surface area contributed by atoms with Gasteiger partial charge < -0.3 is 15.0 Å². The number of sulfone groups is 1. The fourth-order valence-electron chi connectivity index (χ4n) is 2.31. The fourth-order valence-corrected chi connectivity index (χ4v) is 4.23. The van der Waals surface area contributed by atoms with Crippen LogP contribution in [0.15, 0.2) is 0 Å². The average molecular weight is 248 g/mol. The van der Waals surface area contributed by atoms with Gasteiger partial charge in [0.2, 0.25) is 0 Å². The first-order chi connectivity index (χ1) is 7.53. The third-order valence-electron chi connectivity index (χ3n) is 3.04. The van der Waals surface area contributed by atoms with Gasteiger partial charge in [-0.2, -0.15) is 0 Å². The number of carbonyl (C=O) groups excluding carboxylic acids is 1. The van der Waals surface area contributed by atoms with E-state index in [9.17, 15) is 13.2 Å². The van der Waals surface area contributed by atoms with E-state index < -0.39 is 9.84 Å². The summed E-state index contributed by atoms with van der Waals surface area (Å²) in [6, 6.07) is -0.560. The molecule has 7 heteroatoms. The highest BCUT2D eigenvalue weighted by Gasteiger charge is 2.48. The van der Waals surface area contributed by atoms with Gasteiger partial charge in [-0.25, -0.2) is 13.2 Å². The summed E-state index contributed by atoms with van der Waals surface area (Å²) in [5, 5.41) is 2.72. The van der Waals surface area contributed by atoms with E-state index in [4.69, 9.17) is 4.74 Å². The molecule has 0 aromatic heterocycles. The van der Waals surface area contributed by atoms with Crippen LogP contribution in [0.25, 0.3) is 0 Å². The first-order valence-corrected chi connectivity index (χ1v) is 7.12. The number of nitrogens with zero attached hydrogens (tertiary/aromatic N) is 1. The van der Waals surface area contributed by atoms with Crippen molar-refractivity contribution in [3.05, 3.63) is 0 Å². The van der Waals surface area contributed by atoms with Gasteiger partial charge in [-0.3, -0.25) is 0 Å². The monoisotopic (exact) mass is 248 g/mol. The van der Waals surface area contributed by atoms with Crippen LogP contribution in [0.3, 0.4) is 0 Å². The Labute approximate surface area is 94.9 Å². The molecule has 2 saturated heterocycles. The lowest BCUT2D eigenvalue weighted by Crippen LogP contribution is -2.37. The molecule has 0 bridgehead atoms. The van der Waals surface area contributed by atoms with Crippen LogP contribution in [0.1, 0.15) is 6.42 Å². The fraction of sp³-hybridized carbons (Fsp3) is 0.889. The lowest BCUT2D eigenvalue weighted by Gasteiger charge is -2.20. The molecule has 16 heavy (non-hydrogen) atoms. The summed E-state index contributed by atoms with van der Waals surface area (Å²) >= 11 is 0. The zero-order valence-corrected chi connectivity index (χ0v) is 10.00. The first-order valence-electron chi connectivity index (χ1n) is 5.30. The number of hydrogen-bond acceptors (Lipinski definition) is 4. The quantitative estimate of drug-likeness (QED) is 0.523. The number of methoxy groups -OCH3 is 1. The number of nitrogens with one attached hydrogen (secondary N) is 1. The largest absolute Gasteiger partial charge is 0.385 e. The Morgan fingerprint density at radius 1 is 1.50 bits per heavy atom. The SMILES string of the molecule is COCCCN1C(=O)N[C@H]2CS(=O)(=O)C[C@@H]21. The minimum atomic E-state index is -2.98. The van der Waals surface area contributed by atoms with Gasteiger partial charge in [-0.15, -0.1) is 0 Å². The summed E-state index contributed by atoms with van der Waals surface area (Å²) in [4.78, 5) is 13.2. The number of urea groups is 1. The average Bonchev–Trinajstić information content (AvgIpc) is 2.60. The Hall–Kier alpha value is -0.820. The molecule has 0 saturated carbocycles. The van der Waals surface area contributed by atoms with Crippen molar-refractivity contribution in [3.63, 3.8) is 0 Å². The van der Waals surface area contributed by atoms with E-state index in [2.05, 4.69) is 5.32 Å². The highest BCUT2D eigenvalue weighted by Crippen LogP contribution is 2.24. The van der Waals surface area contributed by atoms with Gasteiger partial charge in [0.1, 0.15) is 0 Å². The topological polar surface area (TPSA) is 75.7 Å². The van der Waals surface area contributed by atoms with E-state index in [0.717, 1.165) is 6.42 Å². The maximum Gasteiger partial charge on any atom is 0.318 e. The molecule has 2 aliphatic heterocycles. The smallest absolute Gasteiger partial charge is 0.318 e. The summed E-state index contributed by atoms with van der Waals surface area (Å²) in [5.41, 5.74) is 0. The van der Waals surface area contributed by atoms with Crippen LogP contribution in [0.5, 0.6) is 0 Å². The summed E-state index contributed by atoms with van der Waals surface area (Å²) in [6.07, 6.45) is 0.729. The Bertz CT molecular complexity index is 381. The van der Waals surface area contributed by atoms with Crippen LogP contribution < -0.4 is 5.32 Å². The minimum absolute atomic E-state index is 0.0736. The summed E-state index contributed by atoms with van der Waals surface area (Å²) < 4.78 is 27.8. The number of rotatable bonds is 4. The van der Waals surface area contributed by atoms with E-state index in [1.807, 2.05) is 0 Å². The highest BCUT2D eigenvalue weighted by atomic mass is 32.2. The van der Waals surface area contributed by atoms with Crippen molar-refractivity contribution in [1.82, 2.24) is 10.2 Å². The first kappa shape index (κ1) is 11.7. The molecule has 2 fully saturated rings. The lowest BCUT2D eigenvalue weighted by molar-refractivity contribution is 0.169. The number of hydrogen-bond donors (Lipinski definition) is 1. The number of fused-ring (bicyclic) bond motifs is 1. The van der Waals surface area contributed by atoms with Gasteiger partial charge in [0.05, 0.1) is 23.6 Å². The van der Waals surface area contributed by atoms with Crippen LogP contribution in [0, 0.1) is 0 Å². The van der Waals surface area contributed by atoms with Crippen molar-refractivity contribution in [3.8, 4) is 0 Å². The molecule has 2 heterocycles. The predicted octanol–water partition coefficient (Wildman–Crippen LogP) is -0.786. The second kappa shape index (κ2) is 4.21. The number of carbonyl (C=O) groups is 1. The van der Waals surface area contributed by atoms with Crippen LogP contribution >= 0.6 is 0 Å². The van der Waals surface area contributed by atoms with Crippen LogP contribution in [-0.2, 0) is 14.6 Å². The van der Waals surface area contributed by atoms with E-state index in [-0.39, 0.29) is 29.6 Å². The molecule has 0 spiro atoms. The molecule has 0 radical (unpaired) electrons. The van der Waals surface area contributed by atoms with Gasteiger partial charge in [0, 0.05) is 20.3 Å². The van der Waals surface area contributed by atoms with Gasteiger partial charge in [-0.05, 0) is 6.42 Å². The lowest BCUT2D eigenvalue weighted by atomic mass is 10.2. The summed E-state index contributed by atoms with van der Waals surface area (Å²) in [7, 11) is -1.38. The molecule has 6 nitrogen and oxygen atoms in total. The van der Waals surface area contributed by atoms with E-state index in [0.29, 0.717) is 13.2 Å². The molecule has 2 rings (SSSR count). The van der Waals surface area contributed by atoms with Crippen molar-refractivity contribution in [2.24, 2.45) is 0 Å². The van der Waals surface area contributed by atoms with E-state index in [1.165, 1.54) is 0 Å². The zero-order chi connectivity index (χ0) is 11.8. The van der Waals surface area contributed by atoms with Gasteiger partial charge in [-0.1, -0.05) is 0 Å². The Morgan fingerprint density at radius 2 is 2.25 bits per heavy atom. The highest BCUT2D eigenvalue weighted by molar-refractivity contribution is 7.91. The normalized spacial score (nSPS) is 31.6. The summed E-state index contributed by atoms with van der Waals surface area (Å²) in [6.45, 7) is 1.13. The Morgan fingerprint density at radius 3 is 2.94 bits per heavy atom. The molecule has 0 aromatic rings. The molecule has 92 valence electrons. The minimum Gasteiger partial charge on any atom is -0.385 e. The summed E-state index contributed by atoms with van der Waals surface area (Å²) in [5.74, 6) is 0.160. The third-order valence-corrected chi connectivity index (χ3v) is 4.76. The molecule has 0 aromatic carbocycles. The van der Waals surface area contributed by atoms with Crippen LogP contribution in [0.4, 0.5) is 4.79 Å². The molecule has 1 N–H and O–H groups in total. The molecule has 2 aliphatic rings. The van der Waals surface area contributed by atoms with Crippen molar-refractivity contribution in [2.45, 2.75) is 18.5 Å².